The lowest BCUT2D eigenvalue weighted by atomic mass is 9.81. The normalized spacial score (nSPS) is 26.5. The number of aromatic nitrogens is 1. The molecule has 0 aliphatic carbocycles. The molecule has 2 N–H and O–H groups in total. The minimum absolute atomic E-state index is 0.203. The number of amides is 1. The Balaban J connectivity index is 1.69. The Morgan fingerprint density at radius 1 is 1.36 bits per heavy atom. The van der Waals surface area contributed by atoms with Crippen LogP contribution in [-0.2, 0) is 11.3 Å². The van der Waals surface area contributed by atoms with E-state index in [0.29, 0.717) is 11.7 Å². The van der Waals surface area contributed by atoms with Gasteiger partial charge in [-0.05, 0) is 39.2 Å². The second-order valence-electron chi connectivity index (χ2n) is 6.64. The summed E-state index contributed by atoms with van der Waals surface area (Å²) in [5, 5.41) is 1.64. The van der Waals surface area contributed by atoms with Crippen molar-refractivity contribution in [1.29, 1.82) is 0 Å². The number of rotatable bonds is 4. The van der Waals surface area contributed by atoms with E-state index in [1.165, 1.54) is 12.8 Å². The molecule has 2 fully saturated rings. The molecule has 1 aromatic heterocycles. The van der Waals surface area contributed by atoms with Gasteiger partial charge in [0.1, 0.15) is 5.15 Å². The van der Waals surface area contributed by atoms with Crippen LogP contribution < -0.4 is 10.6 Å². The van der Waals surface area contributed by atoms with Crippen LogP contribution in [0.3, 0.4) is 0 Å². The van der Waals surface area contributed by atoms with Crippen molar-refractivity contribution in [3.63, 3.8) is 0 Å². The highest BCUT2D eigenvalue weighted by Gasteiger charge is 2.36. The molecule has 3 heterocycles. The van der Waals surface area contributed by atoms with Crippen LogP contribution in [-0.4, -0.2) is 42.0 Å². The predicted molar refractivity (Wildman–Crippen MR) is 90.4 cm³/mol. The third kappa shape index (κ3) is 3.24. The average Bonchev–Trinajstić information content (AvgIpc) is 3.09. The number of nitrogens with zero attached hydrogens (tertiary/aromatic N) is 3. The summed E-state index contributed by atoms with van der Waals surface area (Å²) in [4.78, 5) is 21.9. The van der Waals surface area contributed by atoms with Crippen molar-refractivity contribution in [2.24, 2.45) is 11.1 Å². The number of carbonyl (C=O) groups excluding carboxylic acids is 1. The molecule has 0 radical (unpaired) electrons. The third-order valence-electron chi connectivity index (χ3n) is 4.75. The Hall–Kier alpha value is -0.850. The van der Waals surface area contributed by atoms with Crippen LogP contribution in [0.4, 0.5) is 5.13 Å². The first-order valence-corrected chi connectivity index (χ1v) is 9.10. The minimum atomic E-state index is -0.423. The fourth-order valence-electron chi connectivity index (χ4n) is 3.35. The summed E-state index contributed by atoms with van der Waals surface area (Å²) in [5.74, 6) is -0.203. The highest BCUT2D eigenvalue weighted by molar-refractivity contribution is 7.16. The van der Waals surface area contributed by atoms with E-state index in [1.807, 2.05) is 6.92 Å². The largest absolute Gasteiger partial charge is 0.369 e. The Bertz CT molecular complexity index is 558. The summed E-state index contributed by atoms with van der Waals surface area (Å²) < 4.78 is 0. The Morgan fingerprint density at radius 2 is 2.09 bits per heavy atom. The molecule has 1 aromatic rings. The second kappa shape index (κ2) is 6.34. The second-order valence-corrected chi connectivity index (χ2v) is 8.06. The maximum Gasteiger partial charge on any atom is 0.224 e. The highest BCUT2D eigenvalue weighted by Crippen LogP contribution is 2.35. The minimum Gasteiger partial charge on any atom is -0.369 e. The van der Waals surface area contributed by atoms with E-state index in [2.05, 4.69) is 14.8 Å². The number of primary amides is 1. The maximum atomic E-state index is 11.7. The van der Waals surface area contributed by atoms with Gasteiger partial charge in [-0.1, -0.05) is 22.9 Å². The molecule has 0 spiro atoms. The van der Waals surface area contributed by atoms with Gasteiger partial charge < -0.3 is 10.6 Å². The summed E-state index contributed by atoms with van der Waals surface area (Å²) in [7, 11) is 0. The van der Waals surface area contributed by atoms with Crippen LogP contribution in [0, 0.1) is 5.41 Å². The Kier molecular flexibility index (Phi) is 4.61. The van der Waals surface area contributed by atoms with E-state index in [0.717, 1.165) is 49.0 Å². The van der Waals surface area contributed by atoms with Gasteiger partial charge in [0, 0.05) is 26.2 Å². The number of piperidine rings is 1. The van der Waals surface area contributed by atoms with Gasteiger partial charge in [0.15, 0.2) is 5.13 Å². The van der Waals surface area contributed by atoms with Crippen LogP contribution in [0.25, 0.3) is 0 Å². The standard InChI is InChI=1S/C15H23ClN4OS/c1-15(13(17)21)5-4-6-19(10-15)9-11-12(16)18-14(22-11)20-7-2-3-8-20/h2-10H2,1H3,(H2,17,21)/t15-/m1/s1. The molecular formula is C15H23ClN4OS. The summed E-state index contributed by atoms with van der Waals surface area (Å²) in [6.07, 6.45) is 4.33. The first kappa shape index (κ1) is 16.0. The lowest BCUT2D eigenvalue weighted by Crippen LogP contribution is -2.48. The van der Waals surface area contributed by atoms with Gasteiger partial charge in [-0.15, -0.1) is 0 Å². The molecule has 3 rings (SSSR count). The molecule has 2 aliphatic heterocycles. The van der Waals surface area contributed by atoms with Gasteiger partial charge in [0.05, 0.1) is 10.3 Å². The lowest BCUT2D eigenvalue weighted by molar-refractivity contribution is -0.129. The molecule has 0 bridgehead atoms. The summed E-state index contributed by atoms with van der Waals surface area (Å²) in [6.45, 7) is 6.56. The molecule has 0 saturated carbocycles. The zero-order chi connectivity index (χ0) is 15.7. The van der Waals surface area contributed by atoms with Crippen LogP contribution in [0.5, 0.6) is 0 Å². The highest BCUT2D eigenvalue weighted by atomic mass is 35.5. The lowest BCUT2D eigenvalue weighted by Gasteiger charge is -2.38. The predicted octanol–water partition coefficient (Wildman–Crippen LogP) is 2.48. The number of carbonyl (C=O) groups is 1. The number of hydrogen-bond acceptors (Lipinski definition) is 5. The third-order valence-corrected chi connectivity index (χ3v) is 6.28. The molecule has 1 atom stereocenters. The SMILES string of the molecule is C[C@@]1(C(N)=O)CCCN(Cc2sc(N3CCCC3)nc2Cl)C1. The smallest absolute Gasteiger partial charge is 0.224 e. The van der Waals surface area contributed by atoms with E-state index >= 15 is 0 Å². The van der Waals surface area contributed by atoms with Crippen LogP contribution in [0.2, 0.25) is 5.15 Å². The molecule has 2 saturated heterocycles. The van der Waals surface area contributed by atoms with E-state index in [-0.39, 0.29) is 5.91 Å². The van der Waals surface area contributed by atoms with Crippen LogP contribution in [0.15, 0.2) is 0 Å². The van der Waals surface area contributed by atoms with E-state index in [1.54, 1.807) is 11.3 Å². The Labute approximate surface area is 140 Å². The quantitative estimate of drug-likeness (QED) is 0.913. The zero-order valence-electron chi connectivity index (χ0n) is 13.0. The van der Waals surface area contributed by atoms with Gasteiger partial charge in [0.25, 0.3) is 0 Å². The van der Waals surface area contributed by atoms with Crippen molar-refractivity contribution in [2.45, 2.75) is 39.2 Å². The van der Waals surface area contributed by atoms with E-state index < -0.39 is 5.41 Å². The molecule has 22 heavy (non-hydrogen) atoms. The molecular weight excluding hydrogens is 320 g/mol. The summed E-state index contributed by atoms with van der Waals surface area (Å²) >= 11 is 8.01. The van der Waals surface area contributed by atoms with Gasteiger partial charge in [0.2, 0.25) is 5.91 Å². The number of hydrogen-bond donors (Lipinski definition) is 1. The van der Waals surface area contributed by atoms with Crippen molar-refractivity contribution in [1.82, 2.24) is 9.88 Å². The van der Waals surface area contributed by atoms with Crippen molar-refractivity contribution in [3.05, 3.63) is 10.0 Å². The number of nitrogens with two attached hydrogens (primary N) is 1. The first-order chi connectivity index (χ1) is 10.5. The van der Waals surface area contributed by atoms with Crippen molar-refractivity contribution in [2.75, 3.05) is 31.1 Å². The maximum absolute atomic E-state index is 11.7. The molecule has 0 unspecified atom stereocenters. The number of thiazole rings is 1. The summed E-state index contributed by atoms with van der Waals surface area (Å²) in [6, 6.07) is 0. The van der Waals surface area contributed by atoms with Crippen LogP contribution >= 0.6 is 22.9 Å². The first-order valence-electron chi connectivity index (χ1n) is 7.90. The average molecular weight is 343 g/mol. The van der Waals surface area contributed by atoms with Crippen LogP contribution in [0.1, 0.15) is 37.5 Å². The van der Waals surface area contributed by atoms with Crippen molar-refractivity contribution >= 4 is 34.0 Å². The molecule has 1 amide bonds. The van der Waals surface area contributed by atoms with Gasteiger partial charge >= 0.3 is 0 Å². The molecule has 122 valence electrons. The van der Waals surface area contributed by atoms with Gasteiger partial charge in [-0.25, -0.2) is 4.98 Å². The fourth-order valence-corrected chi connectivity index (χ4v) is 4.70. The van der Waals surface area contributed by atoms with Gasteiger partial charge in [-0.2, -0.15) is 0 Å². The van der Waals surface area contributed by atoms with E-state index in [4.69, 9.17) is 17.3 Å². The van der Waals surface area contributed by atoms with Gasteiger partial charge in [-0.3, -0.25) is 9.69 Å². The molecule has 7 heteroatoms. The Morgan fingerprint density at radius 3 is 2.77 bits per heavy atom. The number of likely N-dealkylation sites (tertiary alicyclic amines) is 1. The number of halogens is 1. The van der Waals surface area contributed by atoms with E-state index in [9.17, 15) is 4.79 Å². The number of anilines is 1. The topological polar surface area (TPSA) is 62.5 Å². The zero-order valence-corrected chi connectivity index (χ0v) is 14.5. The fraction of sp³-hybridized carbons (Fsp3) is 0.733. The summed E-state index contributed by atoms with van der Waals surface area (Å²) in [5.41, 5.74) is 5.14. The van der Waals surface area contributed by atoms with Crippen molar-refractivity contribution in [3.8, 4) is 0 Å². The monoisotopic (exact) mass is 342 g/mol. The van der Waals surface area contributed by atoms with Crippen molar-refractivity contribution < 1.29 is 4.79 Å². The molecule has 2 aliphatic rings. The molecule has 5 nitrogen and oxygen atoms in total. The molecule has 0 aromatic carbocycles.